The minimum Gasteiger partial charge on any atom is -0.354 e. The molecule has 2 aliphatic rings. The Hall–Kier alpha value is -2.47. The Morgan fingerprint density at radius 3 is 2.61 bits per heavy atom. The molecule has 0 radical (unpaired) electrons. The van der Waals surface area contributed by atoms with E-state index in [2.05, 4.69) is 57.0 Å². The summed E-state index contributed by atoms with van der Waals surface area (Å²) in [7, 11) is 0. The van der Waals surface area contributed by atoms with Crippen molar-refractivity contribution in [1.82, 2.24) is 19.8 Å². The maximum Gasteiger partial charge on any atom is 0.272 e. The number of piperazine rings is 1. The highest BCUT2D eigenvalue weighted by Crippen LogP contribution is 2.20. The third-order valence-corrected chi connectivity index (χ3v) is 5.76. The van der Waals surface area contributed by atoms with E-state index in [0.717, 1.165) is 58.1 Å². The van der Waals surface area contributed by atoms with Gasteiger partial charge in [0.2, 0.25) is 0 Å². The smallest absolute Gasteiger partial charge is 0.272 e. The van der Waals surface area contributed by atoms with E-state index >= 15 is 0 Å². The number of carbonyl (C=O) groups excluding carboxylic acids is 1. The topological polar surface area (TPSA) is 52.6 Å². The Morgan fingerprint density at radius 2 is 1.86 bits per heavy atom. The zero-order valence-corrected chi connectivity index (χ0v) is 16.6. The van der Waals surface area contributed by atoms with Gasteiger partial charge >= 0.3 is 0 Å². The zero-order chi connectivity index (χ0) is 19.3. The van der Waals surface area contributed by atoms with E-state index in [4.69, 9.17) is 0 Å². The molecule has 2 aliphatic heterocycles. The van der Waals surface area contributed by atoms with Crippen LogP contribution in [0.1, 0.15) is 35.8 Å². The lowest BCUT2D eigenvalue weighted by molar-refractivity contribution is 0.0677. The van der Waals surface area contributed by atoms with Crippen LogP contribution in [0.5, 0.6) is 0 Å². The van der Waals surface area contributed by atoms with Crippen LogP contribution >= 0.6 is 0 Å². The molecule has 1 amide bonds. The van der Waals surface area contributed by atoms with E-state index in [1.165, 1.54) is 18.3 Å². The largest absolute Gasteiger partial charge is 0.354 e. The minimum atomic E-state index is 0.0397. The molecule has 0 spiro atoms. The predicted molar refractivity (Wildman–Crippen MR) is 110 cm³/mol. The Morgan fingerprint density at radius 1 is 1.07 bits per heavy atom. The Labute approximate surface area is 167 Å². The molecule has 3 heterocycles. The van der Waals surface area contributed by atoms with Gasteiger partial charge in [-0.05, 0) is 24.3 Å². The van der Waals surface area contributed by atoms with Crippen LogP contribution in [-0.2, 0) is 6.54 Å². The molecule has 0 aliphatic carbocycles. The summed E-state index contributed by atoms with van der Waals surface area (Å²) in [5.74, 6) is 1.47. The van der Waals surface area contributed by atoms with E-state index in [1.54, 1.807) is 0 Å². The fraction of sp³-hybridized carbons (Fsp3) is 0.500. The summed E-state index contributed by atoms with van der Waals surface area (Å²) < 4.78 is 0. The quantitative estimate of drug-likeness (QED) is 0.818. The van der Waals surface area contributed by atoms with E-state index < -0.39 is 0 Å². The molecule has 0 saturated carbocycles. The monoisotopic (exact) mass is 379 g/mol. The summed E-state index contributed by atoms with van der Waals surface area (Å²) in [6.45, 7) is 8.67. The molecule has 2 aromatic rings. The first-order valence-electron chi connectivity index (χ1n) is 10.3. The van der Waals surface area contributed by atoms with Crippen molar-refractivity contribution in [2.24, 2.45) is 5.92 Å². The number of benzene rings is 1. The van der Waals surface area contributed by atoms with Crippen LogP contribution in [-0.4, -0.2) is 64.9 Å². The number of hydrogen-bond acceptors (Lipinski definition) is 5. The fourth-order valence-electron chi connectivity index (χ4n) is 4.15. The molecular formula is C22H29N5O. The van der Waals surface area contributed by atoms with Gasteiger partial charge in [0.15, 0.2) is 0 Å². The van der Waals surface area contributed by atoms with Gasteiger partial charge in [-0.2, -0.15) is 0 Å². The summed E-state index contributed by atoms with van der Waals surface area (Å²) in [5, 5.41) is 0. The molecule has 0 bridgehead atoms. The van der Waals surface area contributed by atoms with Gasteiger partial charge in [0.25, 0.3) is 5.91 Å². The molecule has 148 valence electrons. The second kappa shape index (κ2) is 8.69. The average molecular weight is 380 g/mol. The summed E-state index contributed by atoms with van der Waals surface area (Å²) >= 11 is 0. The van der Waals surface area contributed by atoms with Gasteiger partial charge in [-0.15, -0.1) is 0 Å². The third kappa shape index (κ3) is 4.50. The van der Waals surface area contributed by atoms with E-state index in [0.29, 0.717) is 11.6 Å². The summed E-state index contributed by atoms with van der Waals surface area (Å²) in [6.07, 6.45) is 3.81. The Kier molecular flexibility index (Phi) is 5.86. The average Bonchev–Trinajstić information content (AvgIpc) is 2.75. The number of carbonyl (C=O) groups is 1. The normalized spacial score (nSPS) is 21.0. The van der Waals surface area contributed by atoms with Crippen molar-refractivity contribution in [2.75, 3.05) is 44.2 Å². The van der Waals surface area contributed by atoms with Crippen molar-refractivity contribution >= 4 is 11.7 Å². The van der Waals surface area contributed by atoms with Crippen LogP contribution in [0.4, 0.5) is 5.82 Å². The predicted octanol–water partition coefficient (Wildman–Crippen LogP) is 2.67. The summed E-state index contributed by atoms with van der Waals surface area (Å²) in [6, 6.07) is 12.5. The van der Waals surface area contributed by atoms with Crippen LogP contribution in [0.2, 0.25) is 0 Å². The van der Waals surface area contributed by atoms with Gasteiger partial charge in [-0.1, -0.05) is 37.3 Å². The van der Waals surface area contributed by atoms with Crippen molar-refractivity contribution in [3.05, 3.63) is 54.0 Å². The molecule has 4 rings (SSSR count). The van der Waals surface area contributed by atoms with Crippen molar-refractivity contribution in [3.63, 3.8) is 0 Å². The number of nitrogens with zero attached hydrogens (tertiary/aromatic N) is 5. The van der Waals surface area contributed by atoms with Crippen molar-refractivity contribution in [2.45, 2.75) is 26.3 Å². The Bertz CT molecular complexity index is 789. The number of aromatic nitrogens is 2. The van der Waals surface area contributed by atoms with Gasteiger partial charge in [-0.25, -0.2) is 9.97 Å². The van der Waals surface area contributed by atoms with Gasteiger partial charge < -0.3 is 9.80 Å². The summed E-state index contributed by atoms with van der Waals surface area (Å²) in [5.41, 5.74) is 1.87. The molecule has 2 fully saturated rings. The zero-order valence-electron chi connectivity index (χ0n) is 16.6. The van der Waals surface area contributed by atoms with E-state index in [9.17, 15) is 4.79 Å². The molecule has 28 heavy (non-hydrogen) atoms. The third-order valence-electron chi connectivity index (χ3n) is 5.76. The van der Waals surface area contributed by atoms with Gasteiger partial charge in [0.05, 0.1) is 0 Å². The molecule has 6 heteroatoms. The van der Waals surface area contributed by atoms with Crippen LogP contribution in [0.3, 0.4) is 0 Å². The first-order valence-corrected chi connectivity index (χ1v) is 10.3. The lowest BCUT2D eigenvalue weighted by Gasteiger charge is -2.35. The van der Waals surface area contributed by atoms with E-state index in [1.807, 2.05) is 11.0 Å². The maximum atomic E-state index is 12.8. The molecule has 6 nitrogen and oxygen atoms in total. The lowest BCUT2D eigenvalue weighted by atomic mass is 10.00. The van der Waals surface area contributed by atoms with Gasteiger partial charge in [0.1, 0.15) is 17.8 Å². The molecule has 1 aromatic heterocycles. The number of piperidine rings is 1. The first kappa shape index (κ1) is 18.9. The second-order valence-corrected chi connectivity index (χ2v) is 8.01. The van der Waals surface area contributed by atoms with Gasteiger partial charge in [0, 0.05) is 51.9 Å². The van der Waals surface area contributed by atoms with Crippen LogP contribution in [0.25, 0.3) is 0 Å². The van der Waals surface area contributed by atoms with Crippen molar-refractivity contribution in [3.8, 4) is 0 Å². The van der Waals surface area contributed by atoms with Gasteiger partial charge in [-0.3, -0.25) is 9.69 Å². The fourth-order valence-corrected chi connectivity index (χ4v) is 4.15. The Balaban J connectivity index is 1.36. The van der Waals surface area contributed by atoms with E-state index in [-0.39, 0.29) is 5.91 Å². The number of anilines is 1. The number of rotatable bonds is 4. The number of amides is 1. The van der Waals surface area contributed by atoms with Crippen LogP contribution < -0.4 is 4.90 Å². The van der Waals surface area contributed by atoms with Crippen molar-refractivity contribution < 1.29 is 4.79 Å². The van der Waals surface area contributed by atoms with Crippen LogP contribution in [0.15, 0.2) is 42.7 Å². The maximum absolute atomic E-state index is 12.8. The SMILES string of the molecule is CC1CCCN(C(=O)c2cc(N3CCN(Cc4ccccc4)CC3)ncn2)C1. The highest BCUT2D eigenvalue weighted by Gasteiger charge is 2.24. The number of hydrogen-bond donors (Lipinski definition) is 0. The standard InChI is InChI=1S/C22H29N5O/c1-18-6-5-9-27(15-18)22(28)20-14-21(24-17-23-20)26-12-10-25(11-13-26)16-19-7-3-2-4-8-19/h2-4,7-8,14,17-18H,5-6,9-13,15-16H2,1H3. The molecular weight excluding hydrogens is 350 g/mol. The minimum absolute atomic E-state index is 0.0397. The highest BCUT2D eigenvalue weighted by molar-refractivity contribution is 5.93. The molecule has 1 unspecified atom stereocenters. The lowest BCUT2D eigenvalue weighted by Crippen LogP contribution is -2.46. The summed E-state index contributed by atoms with van der Waals surface area (Å²) in [4.78, 5) is 28.2. The van der Waals surface area contributed by atoms with Crippen LogP contribution in [0, 0.1) is 5.92 Å². The molecule has 0 N–H and O–H groups in total. The number of likely N-dealkylation sites (tertiary alicyclic amines) is 1. The second-order valence-electron chi connectivity index (χ2n) is 8.01. The molecule has 1 atom stereocenters. The molecule has 2 saturated heterocycles. The first-order chi connectivity index (χ1) is 13.7. The highest BCUT2D eigenvalue weighted by atomic mass is 16.2. The molecule has 1 aromatic carbocycles. The van der Waals surface area contributed by atoms with Crippen molar-refractivity contribution in [1.29, 1.82) is 0 Å².